The number of aryl methyl sites for hydroxylation is 1. The van der Waals surface area contributed by atoms with Crippen LogP contribution in [0.4, 0.5) is 5.95 Å². The quantitative estimate of drug-likeness (QED) is 0.382. The number of carbonyl (C=O) groups is 2. The van der Waals surface area contributed by atoms with Crippen LogP contribution >= 0.6 is 0 Å². The lowest BCUT2D eigenvalue weighted by molar-refractivity contribution is -0.140. The molecular formula is C24H26N4O5. The summed E-state index contributed by atoms with van der Waals surface area (Å²) in [6.45, 7) is 4.39. The number of nitrogens with zero attached hydrogens (tertiary/aromatic N) is 4. The molecule has 4 rings (SSSR count). The molecule has 0 bridgehead atoms. The number of anilines is 1. The van der Waals surface area contributed by atoms with Gasteiger partial charge in [0, 0.05) is 36.4 Å². The fraction of sp³-hybridized carbons (Fsp3) is 0.333. The predicted molar refractivity (Wildman–Crippen MR) is 121 cm³/mol. The SMILES string of the molecule is Cc1cc(C(=O)COC(=O)CN(C)c2ncccn2)c(C)n1CC1COc2ccccc2O1. The predicted octanol–water partition coefficient (Wildman–Crippen LogP) is 2.60. The zero-order valence-electron chi connectivity index (χ0n) is 18.9. The lowest BCUT2D eigenvalue weighted by atomic mass is 10.1. The average molecular weight is 450 g/mol. The van der Waals surface area contributed by atoms with Crippen molar-refractivity contribution in [2.75, 3.05) is 31.7 Å². The van der Waals surface area contributed by atoms with E-state index < -0.39 is 5.97 Å². The van der Waals surface area contributed by atoms with Crippen molar-refractivity contribution in [1.82, 2.24) is 14.5 Å². The van der Waals surface area contributed by atoms with Crippen molar-refractivity contribution in [3.8, 4) is 11.5 Å². The molecule has 1 aromatic carbocycles. The molecule has 3 aromatic rings. The molecule has 172 valence electrons. The number of rotatable bonds is 8. The van der Waals surface area contributed by atoms with Crippen LogP contribution in [-0.2, 0) is 16.1 Å². The maximum atomic E-state index is 12.8. The molecule has 1 aliphatic rings. The Hall–Kier alpha value is -3.88. The van der Waals surface area contributed by atoms with Crippen molar-refractivity contribution in [1.29, 1.82) is 0 Å². The Morgan fingerprint density at radius 1 is 1.15 bits per heavy atom. The van der Waals surface area contributed by atoms with Gasteiger partial charge in [0.05, 0.1) is 6.54 Å². The first-order chi connectivity index (χ1) is 15.9. The Labute approximate surface area is 191 Å². The first-order valence-electron chi connectivity index (χ1n) is 10.6. The van der Waals surface area contributed by atoms with Crippen molar-refractivity contribution >= 4 is 17.7 Å². The highest BCUT2D eigenvalue weighted by atomic mass is 16.6. The van der Waals surface area contributed by atoms with Crippen molar-refractivity contribution in [2.45, 2.75) is 26.5 Å². The minimum atomic E-state index is -0.529. The summed E-state index contributed by atoms with van der Waals surface area (Å²) in [7, 11) is 1.68. The summed E-state index contributed by atoms with van der Waals surface area (Å²) in [5, 5.41) is 0. The third-order valence-corrected chi connectivity index (χ3v) is 5.45. The zero-order valence-corrected chi connectivity index (χ0v) is 18.9. The first-order valence-corrected chi connectivity index (χ1v) is 10.6. The molecule has 3 heterocycles. The standard InChI is InChI=1S/C24H26N4O5/c1-16-11-19(20(29)15-32-23(30)13-27(3)24-25-9-6-10-26-24)17(2)28(16)12-18-14-31-21-7-4-5-8-22(21)33-18/h4-11,18H,12-15H2,1-3H3. The first kappa shape index (κ1) is 22.3. The summed E-state index contributed by atoms with van der Waals surface area (Å²) in [4.78, 5) is 34.7. The minimum absolute atomic E-state index is 0.0587. The van der Waals surface area contributed by atoms with Gasteiger partial charge in [-0.05, 0) is 38.1 Å². The fourth-order valence-corrected chi connectivity index (χ4v) is 3.74. The van der Waals surface area contributed by atoms with Gasteiger partial charge in [-0.2, -0.15) is 0 Å². The van der Waals surface area contributed by atoms with Crippen LogP contribution in [-0.4, -0.2) is 59.2 Å². The number of aromatic nitrogens is 3. The van der Waals surface area contributed by atoms with E-state index in [1.54, 1.807) is 30.4 Å². The molecule has 2 aromatic heterocycles. The molecule has 0 radical (unpaired) electrons. The summed E-state index contributed by atoms with van der Waals surface area (Å²) in [6.07, 6.45) is 3.00. The lowest BCUT2D eigenvalue weighted by Crippen LogP contribution is -2.33. The number of likely N-dealkylation sites (N-methyl/N-ethyl adjacent to an activating group) is 1. The second kappa shape index (κ2) is 9.72. The number of carbonyl (C=O) groups excluding carboxylic acids is 2. The molecule has 1 atom stereocenters. The molecule has 0 amide bonds. The molecular weight excluding hydrogens is 424 g/mol. The van der Waals surface area contributed by atoms with Crippen molar-refractivity contribution < 1.29 is 23.8 Å². The molecule has 0 saturated carbocycles. The Morgan fingerprint density at radius 2 is 1.88 bits per heavy atom. The number of ketones is 1. The highest BCUT2D eigenvalue weighted by Crippen LogP contribution is 2.31. The number of Topliss-reactive ketones (excluding diaryl/α,β-unsaturated/α-hetero) is 1. The maximum absolute atomic E-state index is 12.8. The molecule has 1 unspecified atom stereocenters. The van der Waals surface area contributed by atoms with Crippen molar-refractivity contribution in [3.63, 3.8) is 0 Å². The van der Waals surface area contributed by atoms with Crippen LogP contribution < -0.4 is 14.4 Å². The molecule has 0 saturated heterocycles. The minimum Gasteiger partial charge on any atom is -0.486 e. The van der Waals surface area contributed by atoms with Gasteiger partial charge in [-0.1, -0.05) is 12.1 Å². The summed E-state index contributed by atoms with van der Waals surface area (Å²) in [5.41, 5.74) is 2.24. The van der Waals surface area contributed by atoms with Crippen LogP contribution in [0.3, 0.4) is 0 Å². The topological polar surface area (TPSA) is 95.8 Å². The number of fused-ring (bicyclic) bond motifs is 1. The van der Waals surface area contributed by atoms with E-state index >= 15 is 0 Å². The number of hydrogen-bond donors (Lipinski definition) is 0. The third-order valence-electron chi connectivity index (χ3n) is 5.45. The second-order valence-corrected chi connectivity index (χ2v) is 7.88. The van der Waals surface area contributed by atoms with E-state index in [0.29, 0.717) is 30.4 Å². The number of ether oxygens (including phenoxy) is 3. The Morgan fingerprint density at radius 3 is 2.64 bits per heavy atom. The molecule has 1 aliphatic heterocycles. The molecule has 33 heavy (non-hydrogen) atoms. The van der Waals surface area contributed by atoms with Gasteiger partial charge >= 0.3 is 5.97 Å². The average Bonchev–Trinajstić information content (AvgIpc) is 3.11. The monoisotopic (exact) mass is 450 g/mol. The van der Waals surface area contributed by atoms with Gasteiger partial charge in [0.15, 0.2) is 24.2 Å². The molecule has 9 heteroatoms. The van der Waals surface area contributed by atoms with Crippen LogP contribution in [0.15, 0.2) is 48.8 Å². The van der Waals surface area contributed by atoms with Crippen molar-refractivity contribution in [3.05, 3.63) is 65.7 Å². The number of esters is 1. The zero-order chi connectivity index (χ0) is 23.4. The molecule has 9 nitrogen and oxygen atoms in total. The van der Waals surface area contributed by atoms with Gasteiger partial charge in [0.25, 0.3) is 0 Å². The maximum Gasteiger partial charge on any atom is 0.326 e. The Bertz CT molecular complexity index is 1150. The summed E-state index contributed by atoms with van der Waals surface area (Å²) >= 11 is 0. The van der Waals surface area contributed by atoms with E-state index in [1.807, 2.05) is 48.7 Å². The third kappa shape index (κ3) is 5.14. The largest absolute Gasteiger partial charge is 0.486 e. The summed E-state index contributed by atoms with van der Waals surface area (Å²) in [5.74, 6) is 1.06. The Balaban J connectivity index is 1.34. The normalized spacial score (nSPS) is 14.6. The van der Waals surface area contributed by atoms with E-state index in [4.69, 9.17) is 14.2 Å². The smallest absolute Gasteiger partial charge is 0.326 e. The Kier molecular flexibility index (Phi) is 6.58. The van der Waals surface area contributed by atoms with Gasteiger partial charge in [-0.25, -0.2) is 9.97 Å². The van der Waals surface area contributed by atoms with Gasteiger partial charge in [-0.15, -0.1) is 0 Å². The summed E-state index contributed by atoms with van der Waals surface area (Å²) in [6, 6.07) is 11.1. The van der Waals surface area contributed by atoms with E-state index in [9.17, 15) is 9.59 Å². The highest BCUT2D eigenvalue weighted by molar-refractivity contribution is 5.99. The van der Waals surface area contributed by atoms with Gasteiger partial charge in [-0.3, -0.25) is 9.59 Å². The lowest BCUT2D eigenvalue weighted by Gasteiger charge is -2.27. The molecule has 0 N–H and O–H groups in total. The molecule has 0 aliphatic carbocycles. The molecule has 0 spiro atoms. The number of hydrogen-bond acceptors (Lipinski definition) is 8. The van der Waals surface area contributed by atoms with Gasteiger partial charge < -0.3 is 23.7 Å². The van der Waals surface area contributed by atoms with Crippen LogP contribution in [0.1, 0.15) is 21.7 Å². The fourth-order valence-electron chi connectivity index (χ4n) is 3.74. The van der Waals surface area contributed by atoms with E-state index in [2.05, 4.69) is 9.97 Å². The second-order valence-electron chi connectivity index (χ2n) is 7.88. The number of benzene rings is 1. The van der Waals surface area contributed by atoms with Crippen LogP contribution in [0.25, 0.3) is 0 Å². The van der Waals surface area contributed by atoms with Crippen LogP contribution in [0, 0.1) is 13.8 Å². The van der Waals surface area contributed by atoms with Crippen molar-refractivity contribution in [2.24, 2.45) is 0 Å². The van der Waals surface area contributed by atoms with E-state index in [1.165, 1.54) is 0 Å². The van der Waals surface area contributed by atoms with E-state index in [-0.39, 0.29) is 25.0 Å². The highest BCUT2D eigenvalue weighted by Gasteiger charge is 2.24. The summed E-state index contributed by atoms with van der Waals surface area (Å²) < 4.78 is 19.1. The van der Waals surface area contributed by atoms with Gasteiger partial charge in [0.2, 0.25) is 11.7 Å². The van der Waals surface area contributed by atoms with Gasteiger partial charge in [0.1, 0.15) is 13.2 Å². The van der Waals surface area contributed by atoms with Crippen LogP contribution in [0.5, 0.6) is 11.5 Å². The number of para-hydroxylation sites is 2. The van der Waals surface area contributed by atoms with E-state index in [0.717, 1.165) is 17.1 Å². The molecule has 0 fully saturated rings. The van der Waals surface area contributed by atoms with Crippen LogP contribution in [0.2, 0.25) is 0 Å².